The highest BCUT2D eigenvalue weighted by atomic mass is 35.5. The van der Waals surface area contributed by atoms with E-state index in [0.717, 1.165) is 53.3 Å². The molecule has 1 saturated heterocycles. The molecule has 0 amide bonds. The van der Waals surface area contributed by atoms with Gasteiger partial charge in [-0.1, -0.05) is 18.5 Å². The predicted octanol–water partition coefficient (Wildman–Crippen LogP) is 3.80. The third kappa shape index (κ3) is 3.53. The molecule has 0 aromatic carbocycles. The molecule has 0 atom stereocenters. The first-order valence-corrected chi connectivity index (χ1v) is 9.15. The van der Waals surface area contributed by atoms with E-state index in [1.54, 1.807) is 6.07 Å². The van der Waals surface area contributed by atoms with Gasteiger partial charge in [-0.15, -0.1) is 0 Å². The first kappa shape index (κ1) is 16.5. The maximum atomic E-state index is 6.00. The normalized spacial score (nSPS) is 15.6. The molecule has 0 spiro atoms. The number of aryl methyl sites for hydroxylation is 2. The van der Waals surface area contributed by atoms with Crippen molar-refractivity contribution in [1.82, 2.24) is 24.6 Å². The van der Waals surface area contributed by atoms with Gasteiger partial charge in [-0.2, -0.15) is 5.10 Å². The number of pyridine rings is 2. The minimum Gasteiger partial charge on any atom is -0.303 e. The summed E-state index contributed by atoms with van der Waals surface area (Å²) >= 11 is 6.00. The third-order valence-electron chi connectivity index (χ3n) is 4.76. The lowest BCUT2D eigenvalue weighted by atomic mass is 10.0. The summed E-state index contributed by atoms with van der Waals surface area (Å²) in [6, 6.07) is 5.68. The Morgan fingerprint density at radius 2 is 2.04 bits per heavy atom. The molecule has 0 N–H and O–H groups in total. The molecule has 4 heterocycles. The van der Waals surface area contributed by atoms with Crippen LogP contribution < -0.4 is 0 Å². The van der Waals surface area contributed by atoms with Crippen LogP contribution in [0.1, 0.15) is 19.0 Å². The van der Waals surface area contributed by atoms with Crippen LogP contribution >= 0.6 is 11.6 Å². The summed E-state index contributed by atoms with van der Waals surface area (Å²) in [6.45, 7) is 8.91. The predicted molar refractivity (Wildman–Crippen MR) is 101 cm³/mol. The van der Waals surface area contributed by atoms with Gasteiger partial charge in [0.2, 0.25) is 0 Å². The van der Waals surface area contributed by atoms with Crippen molar-refractivity contribution in [3.8, 4) is 11.1 Å². The number of fused-ring (bicyclic) bond motifs is 1. The van der Waals surface area contributed by atoms with E-state index in [9.17, 15) is 0 Å². The SMILES string of the molecule is Cc1nn(CCCN2CC(C)C2)cc1-c1cnc2ccc(Cl)nc2c1. The summed E-state index contributed by atoms with van der Waals surface area (Å²) in [6.07, 6.45) is 5.12. The minimum absolute atomic E-state index is 0.485. The van der Waals surface area contributed by atoms with E-state index < -0.39 is 0 Å². The van der Waals surface area contributed by atoms with Crippen LogP contribution in [-0.4, -0.2) is 44.3 Å². The molecule has 1 aliphatic heterocycles. The molecule has 25 heavy (non-hydrogen) atoms. The van der Waals surface area contributed by atoms with Crippen molar-refractivity contribution in [1.29, 1.82) is 0 Å². The fourth-order valence-electron chi connectivity index (χ4n) is 3.51. The van der Waals surface area contributed by atoms with Crippen LogP contribution in [0.2, 0.25) is 5.15 Å². The third-order valence-corrected chi connectivity index (χ3v) is 4.97. The number of hydrogen-bond acceptors (Lipinski definition) is 4. The highest BCUT2D eigenvalue weighted by Crippen LogP contribution is 2.25. The van der Waals surface area contributed by atoms with Gasteiger partial charge in [0.05, 0.1) is 16.7 Å². The van der Waals surface area contributed by atoms with E-state index in [2.05, 4.69) is 33.1 Å². The molecule has 3 aromatic heterocycles. The van der Waals surface area contributed by atoms with Crippen LogP contribution in [0, 0.1) is 12.8 Å². The van der Waals surface area contributed by atoms with Gasteiger partial charge in [0.15, 0.2) is 0 Å². The van der Waals surface area contributed by atoms with Crippen molar-refractivity contribution < 1.29 is 0 Å². The first-order chi connectivity index (χ1) is 12.1. The average molecular weight is 356 g/mol. The van der Waals surface area contributed by atoms with Gasteiger partial charge in [0, 0.05) is 43.2 Å². The second-order valence-corrected chi connectivity index (χ2v) is 7.39. The number of likely N-dealkylation sites (tertiary alicyclic amines) is 1. The topological polar surface area (TPSA) is 46.8 Å². The van der Waals surface area contributed by atoms with Crippen molar-refractivity contribution in [3.05, 3.63) is 41.4 Å². The molecule has 0 bridgehead atoms. The monoisotopic (exact) mass is 355 g/mol. The lowest BCUT2D eigenvalue weighted by Crippen LogP contribution is -2.45. The van der Waals surface area contributed by atoms with E-state index >= 15 is 0 Å². The van der Waals surface area contributed by atoms with Gasteiger partial charge in [0.1, 0.15) is 5.15 Å². The summed E-state index contributed by atoms with van der Waals surface area (Å²) in [4.78, 5) is 11.4. The fraction of sp³-hybridized carbons (Fsp3) is 0.421. The molecule has 130 valence electrons. The summed E-state index contributed by atoms with van der Waals surface area (Å²) in [5.41, 5.74) is 4.81. The van der Waals surface area contributed by atoms with Crippen molar-refractivity contribution in [2.75, 3.05) is 19.6 Å². The summed E-state index contributed by atoms with van der Waals surface area (Å²) in [7, 11) is 0. The van der Waals surface area contributed by atoms with E-state index in [1.807, 2.05) is 29.9 Å². The number of hydrogen-bond donors (Lipinski definition) is 0. The largest absolute Gasteiger partial charge is 0.303 e. The van der Waals surface area contributed by atoms with Crippen molar-refractivity contribution in [3.63, 3.8) is 0 Å². The van der Waals surface area contributed by atoms with Crippen LogP contribution in [0.4, 0.5) is 0 Å². The van der Waals surface area contributed by atoms with Gasteiger partial charge in [0.25, 0.3) is 0 Å². The van der Waals surface area contributed by atoms with Gasteiger partial charge < -0.3 is 4.90 Å². The number of halogens is 1. The molecular formula is C19H22ClN5. The Labute approximate surface area is 152 Å². The van der Waals surface area contributed by atoms with E-state index in [0.29, 0.717) is 5.15 Å². The van der Waals surface area contributed by atoms with Crippen LogP contribution in [-0.2, 0) is 6.54 Å². The molecule has 0 saturated carbocycles. The van der Waals surface area contributed by atoms with Crippen molar-refractivity contribution in [2.45, 2.75) is 26.8 Å². The molecule has 0 aliphatic carbocycles. The van der Waals surface area contributed by atoms with Gasteiger partial charge >= 0.3 is 0 Å². The zero-order valence-corrected chi connectivity index (χ0v) is 15.4. The van der Waals surface area contributed by atoms with Gasteiger partial charge in [-0.3, -0.25) is 9.67 Å². The second-order valence-electron chi connectivity index (χ2n) is 7.01. The van der Waals surface area contributed by atoms with E-state index in [1.165, 1.54) is 13.1 Å². The van der Waals surface area contributed by atoms with Crippen LogP contribution in [0.25, 0.3) is 22.2 Å². The highest BCUT2D eigenvalue weighted by molar-refractivity contribution is 6.29. The molecule has 5 nitrogen and oxygen atoms in total. The summed E-state index contributed by atoms with van der Waals surface area (Å²) in [5, 5.41) is 5.15. The maximum Gasteiger partial charge on any atom is 0.129 e. The maximum absolute atomic E-state index is 6.00. The van der Waals surface area contributed by atoms with E-state index in [-0.39, 0.29) is 0 Å². The first-order valence-electron chi connectivity index (χ1n) is 8.77. The Morgan fingerprint density at radius 1 is 1.20 bits per heavy atom. The molecule has 6 heteroatoms. The molecule has 0 radical (unpaired) electrons. The highest BCUT2D eigenvalue weighted by Gasteiger charge is 2.21. The quantitative estimate of drug-likeness (QED) is 0.653. The minimum atomic E-state index is 0.485. The van der Waals surface area contributed by atoms with Crippen LogP contribution in [0.15, 0.2) is 30.6 Å². The fourth-order valence-corrected chi connectivity index (χ4v) is 3.67. The van der Waals surface area contributed by atoms with Crippen LogP contribution in [0.3, 0.4) is 0 Å². The Bertz CT molecular complexity index is 898. The second kappa shape index (κ2) is 6.73. The lowest BCUT2D eigenvalue weighted by Gasteiger charge is -2.37. The van der Waals surface area contributed by atoms with Gasteiger partial charge in [-0.25, -0.2) is 4.98 Å². The Hall–Kier alpha value is -1.98. The molecular weight excluding hydrogens is 334 g/mol. The molecule has 3 aromatic rings. The average Bonchev–Trinajstić information content (AvgIpc) is 2.93. The van der Waals surface area contributed by atoms with Crippen molar-refractivity contribution in [2.24, 2.45) is 5.92 Å². The number of rotatable bonds is 5. The van der Waals surface area contributed by atoms with E-state index in [4.69, 9.17) is 11.6 Å². The summed E-state index contributed by atoms with van der Waals surface area (Å²) < 4.78 is 2.05. The molecule has 0 unspecified atom stereocenters. The summed E-state index contributed by atoms with van der Waals surface area (Å²) in [5.74, 6) is 0.862. The van der Waals surface area contributed by atoms with Gasteiger partial charge in [-0.05, 0) is 44.0 Å². The Balaban J connectivity index is 1.49. The standard InChI is InChI=1S/C19H22ClN5/c1-13-10-24(11-13)6-3-7-25-12-16(14(2)23-25)15-8-18-17(21-9-15)4-5-19(20)22-18/h4-5,8-9,12-13H,3,6-7,10-11H2,1-2H3. The molecule has 4 rings (SSSR count). The molecule has 1 aliphatic rings. The Kier molecular flexibility index (Phi) is 4.44. The van der Waals surface area contributed by atoms with Crippen molar-refractivity contribution >= 4 is 22.6 Å². The molecule has 1 fully saturated rings. The smallest absolute Gasteiger partial charge is 0.129 e. The number of aromatic nitrogens is 4. The lowest BCUT2D eigenvalue weighted by molar-refractivity contribution is 0.110. The van der Waals surface area contributed by atoms with Crippen LogP contribution in [0.5, 0.6) is 0 Å². The zero-order valence-electron chi connectivity index (χ0n) is 14.6. The Morgan fingerprint density at radius 3 is 2.84 bits per heavy atom. The number of nitrogens with zero attached hydrogens (tertiary/aromatic N) is 5. The zero-order chi connectivity index (χ0) is 17.4.